The molecular weight excluding hydrogens is 272 g/mol. The third-order valence-corrected chi connectivity index (χ3v) is 5.47. The van der Waals surface area contributed by atoms with E-state index in [1.165, 1.54) is 0 Å². The van der Waals surface area contributed by atoms with Gasteiger partial charge >= 0.3 is 0 Å². The Hall–Kier alpha value is -0.910. The Morgan fingerprint density at radius 1 is 1.25 bits per heavy atom. The summed E-state index contributed by atoms with van der Waals surface area (Å²) in [4.78, 5) is 0.403. The molecule has 0 bridgehead atoms. The Labute approximate surface area is 122 Å². The zero-order chi connectivity index (χ0) is 14.6. The average Bonchev–Trinajstić information content (AvgIpc) is 2.81. The molecule has 1 aliphatic carbocycles. The van der Waals surface area contributed by atoms with Crippen LogP contribution in [0.5, 0.6) is 0 Å². The van der Waals surface area contributed by atoms with Crippen LogP contribution in [0.4, 0.5) is 0 Å². The molecule has 1 aliphatic rings. The molecule has 1 saturated carbocycles. The highest BCUT2D eigenvalue weighted by molar-refractivity contribution is 7.89. The molecule has 0 radical (unpaired) electrons. The molecule has 2 N–H and O–H groups in total. The van der Waals surface area contributed by atoms with Gasteiger partial charge < -0.3 is 5.32 Å². The minimum Gasteiger partial charge on any atom is -0.313 e. The largest absolute Gasteiger partial charge is 0.313 e. The number of hydrogen-bond acceptors (Lipinski definition) is 3. The van der Waals surface area contributed by atoms with E-state index in [4.69, 9.17) is 0 Å². The molecule has 0 aromatic heterocycles. The average molecular weight is 296 g/mol. The third kappa shape index (κ3) is 3.81. The van der Waals surface area contributed by atoms with E-state index in [2.05, 4.69) is 17.0 Å². The Morgan fingerprint density at radius 2 is 2.00 bits per heavy atom. The molecule has 1 aromatic carbocycles. The van der Waals surface area contributed by atoms with Gasteiger partial charge in [-0.2, -0.15) is 0 Å². The monoisotopic (exact) mass is 296 g/mol. The lowest BCUT2D eigenvalue weighted by molar-refractivity contribution is 0.537. The predicted molar refractivity (Wildman–Crippen MR) is 80.9 cm³/mol. The van der Waals surface area contributed by atoms with E-state index >= 15 is 0 Å². The van der Waals surface area contributed by atoms with Gasteiger partial charge in [-0.15, -0.1) is 0 Å². The third-order valence-electron chi connectivity index (χ3n) is 3.84. The molecule has 4 nitrogen and oxygen atoms in total. The summed E-state index contributed by atoms with van der Waals surface area (Å²) in [6, 6.07) is 7.30. The van der Waals surface area contributed by atoms with Crippen molar-refractivity contribution in [1.82, 2.24) is 10.0 Å². The van der Waals surface area contributed by atoms with Crippen LogP contribution < -0.4 is 10.0 Å². The van der Waals surface area contributed by atoms with Gasteiger partial charge in [0, 0.05) is 12.6 Å². The van der Waals surface area contributed by atoms with Crippen molar-refractivity contribution in [3.8, 4) is 0 Å². The Morgan fingerprint density at radius 3 is 2.65 bits per heavy atom. The normalized spacial score (nSPS) is 23.1. The highest BCUT2D eigenvalue weighted by Crippen LogP contribution is 2.26. The molecule has 0 spiro atoms. The molecule has 1 fully saturated rings. The van der Waals surface area contributed by atoms with E-state index in [9.17, 15) is 8.42 Å². The highest BCUT2D eigenvalue weighted by atomic mass is 32.2. The molecule has 2 rings (SSSR count). The fourth-order valence-electron chi connectivity index (χ4n) is 2.77. The van der Waals surface area contributed by atoms with Gasteiger partial charge in [0.15, 0.2) is 0 Å². The summed E-state index contributed by atoms with van der Waals surface area (Å²) in [5.41, 5.74) is 0.827. The maximum absolute atomic E-state index is 12.5. The SMILES string of the molecule is CCNCc1ccccc1S(=O)(=O)NC1CCC(C)C1. The molecule has 20 heavy (non-hydrogen) atoms. The summed E-state index contributed by atoms with van der Waals surface area (Å²) in [7, 11) is -3.42. The summed E-state index contributed by atoms with van der Waals surface area (Å²) >= 11 is 0. The van der Waals surface area contributed by atoms with Gasteiger partial charge in [-0.3, -0.25) is 0 Å². The maximum Gasteiger partial charge on any atom is 0.241 e. The van der Waals surface area contributed by atoms with E-state index in [1.807, 2.05) is 19.1 Å². The van der Waals surface area contributed by atoms with Crippen LogP contribution in [0.25, 0.3) is 0 Å². The molecule has 2 atom stereocenters. The summed E-state index contributed by atoms with van der Waals surface area (Å²) in [5.74, 6) is 0.611. The quantitative estimate of drug-likeness (QED) is 0.846. The molecular formula is C15H24N2O2S. The van der Waals surface area contributed by atoms with E-state index in [-0.39, 0.29) is 6.04 Å². The van der Waals surface area contributed by atoms with Gasteiger partial charge in [-0.1, -0.05) is 32.0 Å². The zero-order valence-corrected chi connectivity index (χ0v) is 13.0. The summed E-state index contributed by atoms with van der Waals surface area (Å²) < 4.78 is 27.9. The first-order valence-corrected chi connectivity index (χ1v) is 8.82. The number of benzene rings is 1. The lowest BCUT2D eigenvalue weighted by Crippen LogP contribution is -2.33. The van der Waals surface area contributed by atoms with Crippen molar-refractivity contribution >= 4 is 10.0 Å². The Bertz CT molecular complexity index is 543. The van der Waals surface area contributed by atoms with Crippen LogP contribution >= 0.6 is 0 Å². The zero-order valence-electron chi connectivity index (χ0n) is 12.2. The van der Waals surface area contributed by atoms with Crippen LogP contribution in [0.1, 0.15) is 38.7 Å². The van der Waals surface area contributed by atoms with Crippen LogP contribution in [0, 0.1) is 5.92 Å². The molecule has 0 heterocycles. The number of hydrogen-bond donors (Lipinski definition) is 2. The second-order valence-electron chi connectivity index (χ2n) is 5.62. The van der Waals surface area contributed by atoms with Gasteiger partial charge in [0.05, 0.1) is 4.90 Å². The lowest BCUT2D eigenvalue weighted by Gasteiger charge is -2.15. The topological polar surface area (TPSA) is 58.2 Å². The molecule has 2 unspecified atom stereocenters. The van der Waals surface area contributed by atoms with Crippen molar-refractivity contribution in [2.45, 2.75) is 50.6 Å². The van der Waals surface area contributed by atoms with Crippen molar-refractivity contribution in [2.75, 3.05) is 6.54 Å². The van der Waals surface area contributed by atoms with Crippen molar-refractivity contribution in [3.63, 3.8) is 0 Å². The highest BCUT2D eigenvalue weighted by Gasteiger charge is 2.27. The second kappa shape index (κ2) is 6.70. The van der Waals surface area contributed by atoms with Crippen LogP contribution in [-0.4, -0.2) is 21.0 Å². The number of sulfonamides is 1. The van der Waals surface area contributed by atoms with Crippen LogP contribution in [-0.2, 0) is 16.6 Å². The standard InChI is InChI=1S/C15H24N2O2S/c1-3-16-11-13-6-4-5-7-15(13)20(18,19)17-14-9-8-12(2)10-14/h4-7,12,14,16-17H,3,8-11H2,1-2H3. The molecule has 1 aromatic rings. The number of nitrogens with one attached hydrogen (secondary N) is 2. The van der Waals surface area contributed by atoms with Crippen molar-refractivity contribution < 1.29 is 8.42 Å². The molecule has 5 heteroatoms. The molecule has 0 aliphatic heterocycles. The minimum atomic E-state index is -3.42. The van der Waals surface area contributed by atoms with Crippen LogP contribution in [0.2, 0.25) is 0 Å². The van der Waals surface area contributed by atoms with Gasteiger partial charge in [0.1, 0.15) is 0 Å². The Balaban J connectivity index is 2.16. The van der Waals surface area contributed by atoms with Gasteiger partial charge in [0.2, 0.25) is 10.0 Å². The van der Waals surface area contributed by atoms with Gasteiger partial charge in [-0.05, 0) is 43.4 Å². The van der Waals surface area contributed by atoms with Crippen molar-refractivity contribution in [2.24, 2.45) is 5.92 Å². The maximum atomic E-state index is 12.5. The fraction of sp³-hybridized carbons (Fsp3) is 0.600. The fourth-order valence-corrected chi connectivity index (χ4v) is 4.29. The van der Waals surface area contributed by atoms with E-state index in [1.54, 1.807) is 12.1 Å². The first kappa shape index (κ1) is 15.5. The Kier molecular flexibility index (Phi) is 5.18. The van der Waals surface area contributed by atoms with Crippen LogP contribution in [0.15, 0.2) is 29.2 Å². The second-order valence-corrected chi connectivity index (χ2v) is 7.31. The van der Waals surface area contributed by atoms with E-state index in [0.717, 1.165) is 31.4 Å². The summed E-state index contributed by atoms with van der Waals surface area (Å²) in [5, 5.41) is 3.19. The smallest absolute Gasteiger partial charge is 0.241 e. The summed E-state index contributed by atoms with van der Waals surface area (Å²) in [6.07, 6.45) is 2.98. The van der Waals surface area contributed by atoms with Crippen LogP contribution in [0.3, 0.4) is 0 Å². The van der Waals surface area contributed by atoms with E-state index in [0.29, 0.717) is 17.4 Å². The molecule has 0 saturated heterocycles. The predicted octanol–water partition coefficient (Wildman–Crippen LogP) is 2.26. The van der Waals surface area contributed by atoms with Crippen molar-refractivity contribution in [1.29, 1.82) is 0 Å². The molecule has 0 amide bonds. The first-order chi connectivity index (χ1) is 9.53. The first-order valence-electron chi connectivity index (χ1n) is 7.34. The minimum absolute atomic E-state index is 0.0854. The van der Waals surface area contributed by atoms with E-state index < -0.39 is 10.0 Å². The van der Waals surface area contributed by atoms with Gasteiger partial charge in [0.25, 0.3) is 0 Å². The van der Waals surface area contributed by atoms with Crippen molar-refractivity contribution in [3.05, 3.63) is 29.8 Å². The van der Waals surface area contributed by atoms with Gasteiger partial charge in [-0.25, -0.2) is 13.1 Å². The summed E-state index contributed by atoms with van der Waals surface area (Å²) in [6.45, 7) is 5.58. The lowest BCUT2D eigenvalue weighted by atomic mass is 10.1. The molecule has 112 valence electrons. The number of rotatable bonds is 6.